The Hall–Kier alpha value is -3.59. The molecule has 0 unspecified atom stereocenters. The first-order chi connectivity index (χ1) is 18.7. The van der Waals surface area contributed by atoms with E-state index in [4.69, 9.17) is 4.74 Å². The SMILES string of the molecule is COc1ccc(CN(C(=O)CN(c2cccc3ccccc23)S(C)(=O)=O)[C@@H](C)C(=O)NC2CCCCC2)cc1. The first-order valence-electron chi connectivity index (χ1n) is 13.4. The van der Waals surface area contributed by atoms with Gasteiger partial charge in [0.1, 0.15) is 18.3 Å². The van der Waals surface area contributed by atoms with E-state index in [-0.39, 0.29) is 18.5 Å². The molecule has 2 amide bonds. The maximum Gasteiger partial charge on any atom is 0.244 e. The lowest BCUT2D eigenvalue weighted by molar-refractivity contribution is -0.139. The molecule has 1 fully saturated rings. The van der Waals surface area contributed by atoms with Crippen molar-refractivity contribution in [1.29, 1.82) is 0 Å². The number of carbonyl (C=O) groups is 2. The van der Waals surface area contributed by atoms with Crippen molar-refractivity contribution in [3.05, 3.63) is 72.3 Å². The van der Waals surface area contributed by atoms with Crippen LogP contribution in [0, 0.1) is 0 Å². The fourth-order valence-corrected chi connectivity index (χ4v) is 5.96. The third-order valence-corrected chi connectivity index (χ3v) is 8.47. The minimum atomic E-state index is -3.82. The number of hydrogen-bond donors (Lipinski definition) is 1. The Labute approximate surface area is 231 Å². The number of methoxy groups -OCH3 is 1. The van der Waals surface area contributed by atoms with Crippen molar-refractivity contribution < 1.29 is 22.7 Å². The lowest BCUT2D eigenvalue weighted by Crippen LogP contribution is -2.53. The van der Waals surface area contributed by atoms with Crippen molar-refractivity contribution in [2.75, 3.05) is 24.2 Å². The molecule has 0 bridgehead atoms. The van der Waals surface area contributed by atoms with Crippen LogP contribution in [-0.4, -0.2) is 57.1 Å². The van der Waals surface area contributed by atoms with Gasteiger partial charge in [0.05, 0.1) is 19.1 Å². The van der Waals surface area contributed by atoms with Crippen LogP contribution in [0.25, 0.3) is 10.8 Å². The molecule has 1 saturated carbocycles. The molecule has 0 aromatic heterocycles. The Morgan fingerprint density at radius 1 is 0.974 bits per heavy atom. The molecule has 1 aliphatic rings. The molecular weight excluding hydrogens is 514 g/mol. The largest absolute Gasteiger partial charge is 0.497 e. The summed E-state index contributed by atoms with van der Waals surface area (Å²) in [5.41, 5.74) is 1.23. The minimum Gasteiger partial charge on any atom is -0.497 e. The highest BCUT2D eigenvalue weighted by Crippen LogP contribution is 2.29. The third-order valence-electron chi connectivity index (χ3n) is 7.35. The summed E-state index contributed by atoms with van der Waals surface area (Å²) in [7, 11) is -2.24. The highest BCUT2D eigenvalue weighted by atomic mass is 32.2. The highest BCUT2D eigenvalue weighted by Gasteiger charge is 2.31. The zero-order chi connectivity index (χ0) is 28.0. The maximum absolute atomic E-state index is 13.9. The third kappa shape index (κ3) is 7.09. The van der Waals surface area contributed by atoms with Crippen LogP contribution in [-0.2, 0) is 26.2 Å². The predicted molar refractivity (Wildman–Crippen MR) is 154 cm³/mol. The second-order valence-electron chi connectivity index (χ2n) is 10.2. The molecule has 0 heterocycles. The van der Waals surface area contributed by atoms with Gasteiger partial charge in [0.2, 0.25) is 21.8 Å². The summed E-state index contributed by atoms with van der Waals surface area (Å²) in [6.07, 6.45) is 6.25. The number of anilines is 1. The molecule has 208 valence electrons. The van der Waals surface area contributed by atoms with Gasteiger partial charge in [-0.1, -0.05) is 67.8 Å². The Morgan fingerprint density at radius 2 is 1.64 bits per heavy atom. The van der Waals surface area contributed by atoms with Gasteiger partial charge in [0.15, 0.2) is 0 Å². The summed E-state index contributed by atoms with van der Waals surface area (Å²) < 4.78 is 32.4. The lowest BCUT2D eigenvalue weighted by Gasteiger charge is -2.33. The molecule has 0 radical (unpaired) electrons. The van der Waals surface area contributed by atoms with Crippen LogP contribution in [0.1, 0.15) is 44.6 Å². The first kappa shape index (κ1) is 28.4. The van der Waals surface area contributed by atoms with Gasteiger partial charge in [-0.15, -0.1) is 0 Å². The summed E-state index contributed by atoms with van der Waals surface area (Å²) in [6.45, 7) is 1.42. The molecule has 9 heteroatoms. The van der Waals surface area contributed by atoms with Crippen LogP contribution in [0.5, 0.6) is 5.75 Å². The number of nitrogens with zero attached hydrogens (tertiary/aromatic N) is 2. The van der Waals surface area contributed by atoms with E-state index in [0.717, 1.165) is 52.6 Å². The molecule has 0 aliphatic heterocycles. The number of ether oxygens (including phenoxy) is 1. The fourth-order valence-electron chi connectivity index (χ4n) is 5.10. The number of fused-ring (bicyclic) bond motifs is 1. The molecule has 0 saturated heterocycles. The Morgan fingerprint density at radius 3 is 2.31 bits per heavy atom. The van der Waals surface area contributed by atoms with E-state index in [2.05, 4.69) is 5.32 Å². The summed E-state index contributed by atoms with van der Waals surface area (Å²) in [5.74, 6) is -0.0192. The zero-order valence-corrected chi connectivity index (χ0v) is 23.6. The average molecular weight is 552 g/mol. The number of rotatable bonds is 10. The molecule has 3 aromatic rings. The molecule has 39 heavy (non-hydrogen) atoms. The molecule has 4 rings (SSSR count). The Balaban J connectivity index is 1.64. The number of benzene rings is 3. The van der Waals surface area contributed by atoms with Gasteiger partial charge < -0.3 is 15.0 Å². The first-order valence-corrected chi connectivity index (χ1v) is 15.2. The fraction of sp³-hybridized carbons (Fsp3) is 0.400. The van der Waals surface area contributed by atoms with Crippen molar-refractivity contribution in [3.8, 4) is 5.75 Å². The van der Waals surface area contributed by atoms with Gasteiger partial charge in [-0.2, -0.15) is 0 Å². The molecule has 3 aromatic carbocycles. The summed E-state index contributed by atoms with van der Waals surface area (Å²) in [5, 5.41) is 4.70. The number of amides is 2. The van der Waals surface area contributed by atoms with Crippen molar-refractivity contribution in [2.24, 2.45) is 0 Å². The van der Waals surface area contributed by atoms with Crippen LogP contribution in [0.3, 0.4) is 0 Å². The lowest BCUT2D eigenvalue weighted by atomic mass is 9.95. The van der Waals surface area contributed by atoms with Gasteiger partial charge in [0.25, 0.3) is 0 Å². The second-order valence-corrected chi connectivity index (χ2v) is 12.1. The zero-order valence-electron chi connectivity index (χ0n) is 22.8. The van der Waals surface area contributed by atoms with Gasteiger partial charge in [-0.3, -0.25) is 13.9 Å². The molecule has 8 nitrogen and oxygen atoms in total. The van der Waals surface area contributed by atoms with Crippen LogP contribution in [0.15, 0.2) is 66.7 Å². The van der Waals surface area contributed by atoms with E-state index >= 15 is 0 Å². The van der Waals surface area contributed by atoms with Crippen molar-refractivity contribution >= 4 is 38.3 Å². The van der Waals surface area contributed by atoms with E-state index in [9.17, 15) is 18.0 Å². The molecule has 1 atom stereocenters. The summed E-state index contributed by atoms with van der Waals surface area (Å²) in [4.78, 5) is 28.7. The van der Waals surface area contributed by atoms with E-state index < -0.39 is 28.5 Å². The number of carbonyl (C=O) groups excluding carboxylic acids is 2. The molecule has 0 spiro atoms. The standard InChI is InChI=1S/C30H37N3O5S/c1-22(30(35)31-25-12-5-4-6-13-25)32(20-23-16-18-26(38-2)19-17-23)29(34)21-33(39(3,36)37)28-15-9-11-24-10-7-8-14-27(24)28/h7-11,14-19,22,25H,4-6,12-13,20-21H2,1-3H3,(H,31,35)/t22-/m0/s1. The normalized spacial score (nSPS) is 14.9. The highest BCUT2D eigenvalue weighted by molar-refractivity contribution is 7.92. The van der Waals surface area contributed by atoms with E-state index in [1.807, 2.05) is 42.5 Å². The van der Waals surface area contributed by atoms with E-state index in [0.29, 0.717) is 11.4 Å². The molecule has 1 aliphatic carbocycles. The second kappa shape index (κ2) is 12.5. The minimum absolute atomic E-state index is 0.0924. The van der Waals surface area contributed by atoms with Gasteiger partial charge in [-0.25, -0.2) is 8.42 Å². The van der Waals surface area contributed by atoms with Gasteiger partial charge >= 0.3 is 0 Å². The Kier molecular flexibility index (Phi) is 9.12. The Bertz CT molecular complexity index is 1400. The van der Waals surface area contributed by atoms with E-state index in [1.165, 1.54) is 11.3 Å². The van der Waals surface area contributed by atoms with Crippen LogP contribution < -0.4 is 14.4 Å². The maximum atomic E-state index is 13.9. The molecular formula is C30H37N3O5S. The summed E-state index contributed by atoms with van der Waals surface area (Å²) in [6, 6.07) is 19.4. The average Bonchev–Trinajstić information content (AvgIpc) is 2.94. The number of sulfonamides is 1. The van der Waals surface area contributed by atoms with Crippen LogP contribution in [0.2, 0.25) is 0 Å². The van der Waals surface area contributed by atoms with Crippen molar-refractivity contribution in [2.45, 2.75) is 57.7 Å². The van der Waals surface area contributed by atoms with Crippen LogP contribution in [0.4, 0.5) is 5.69 Å². The number of nitrogens with one attached hydrogen (secondary N) is 1. The predicted octanol–water partition coefficient (Wildman–Crippen LogP) is 4.48. The molecule has 1 N–H and O–H groups in total. The topological polar surface area (TPSA) is 96.0 Å². The monoisotopic (exact) mass is 551 g/mol. The number of hydrogen-bond acceptors (Lipinski definition) is 5. The van der Waals surface area contributed by atoms with Crippen molar-refractivity contribution in [1.82, 2.24) is 10.2 Å². The smallest absolute Gasteiger partial charge is 0.244 e. The van der Waals surface area contributed by atoms with Gasteiger partial charge in [-0.05, 0) is 48.9 Å². The summed E-state index contributed by atoms with van der Waals surface area (Å²) >= 11 is 0. The van der Waals surface area contributed by atoms with E-state index in [1.54, 1.807) is 38.3 Å². The van der Waals surface area contributed by atoms with Gasteiger partial charge in [0, 0.05) is 18.0 Å². The van der Waals surface area contributed by atoms with Crippen molar-refractivity contribution in [3.63, 3.8) is 0 Å². The quantitative estimate of drug-likeness (QED) is 0.401. The van der Waals surface area contributed by atoms with Crippen LogP contribution >= 0.6 is 0 Å².